The number of methoxy groups -OCH3 is 1. The lowest BCUT2D eigenvalue weighted by Crippen LogP contribution is -2.31. The zero-order chi connectivity index (χ0) is 16.8. The summed E-state index contributed by atoms with van der Waals surface area (Å²) in [4.78, 5) is 20.7. The SMILES string of the molecule is COc1ccc(CNc2nc(C)cc(C(=O)NC(C)C)n2)cc1. The molecule has 6 heteroatoms. The Morgan fingerprint density at radius 3 is 2.52 bits per heavy atom. The highest BCUT2D eigenvalue weighted by molar-refractivity contribution is 5.92. The summed E-state index contributed by atoms with van der Waals surface area (Å²) in [6, 6.07) is 9.47. The Bertz CT molecular complexity index is 669. The molecule has 6 nitrogen and oxygen atoms in total. The second kappa shape index (κ2) is 7.58. The minimum absolute atomic E-state index is 0.0634. The average Bonchev–Trinajstić information content (AvgIpc) is 2.52. The molecule has 0 aliphatic heterocycles. The predicted octanol–water partition coefficient (Wildman–Crippen LogP) is 2.54. The largest absolute Gasteiger partial charge is 0.497 e. The van der Waals surface area contributed by atoms with Crippen LogP contribution in [0.1, 0.15) is 35.6 Å². The van der Waals surface area contributed by atoms with Crippen LogP contribution >= 0.6 is 0 Å². The zero-order valence-corrected chi connectivity index (χ0v) is 13.9. The molecule has 0 spiro atoms. The van der Waals surface area contributed by atoms with Crippen molar-refractivity contribution in [2.24, 2.45) is 0 Å². The molecule has 0 aliphatic rings. The number of rotatable bonds is 6. The van der Waals surface area contributed by atoms with Gasteiger partial charge in [-0.3, -0.25) is 4.79 Å². The zero-order valence-electron chi connectivity index (χ0n) is 13.9. The van der Waals surface area contributed by atoms with Gasteiger partial charge in [-0.2, -0.15) is 0 Å². The highest BCUT2D eigenvalue weighted by Crippen LogP contribution is 2.13. The second-order valence-corrected chi connectivity index (χ2v) is 5.55. The molecule has 1 amide bonds. The van der Waals surface area contributed by atoms with E-state index >= 15 is 0 Å². The van der Waals surface area contributed by atoms with Gasteiger partial charge in [0.2, 0.25) is 5.95 Å². The summed E-state index contributed by atoms with van der Waals surface area (Å²) >= 11 is 0. The summed E-state index contributed by atoms with van der Waals surface area (Å²) in [5, 5.41) is 5.97. The number of aryl methyl sites for hydroxylation is 1. The summed E-state index contributed by atoms with van der Waals surface area (Å²) < 4.78 is 5.13. The first-order valence-corrected chi connectivity index (χ1v) is 7.51. The van der Waals surface area contributed by atoms with Gasteiger partial charge in [0.15, 0.2) is 0 Å². The van der Waals surface area contributed by atoms with E-state index in [1.165, 1.54) is 0 Å². The Balaban J connectivity index is 2.07. The quantitative estimate of drug-likeness (QED) is 0.857. The van der Waals surface area contributed by atoms with Crippen molar-refractivity contribution in [1.29, 1.82) is 0 Å². The number of aromatic nitrogens is 2. The molecule has 1 heterocycles. The normalized spacial score (nSPS) is 10.5. The van der Waals surface area contributed by atoms with Crippen molar-refractivity contribution < 1.29 is 9.53 Å². The third kappa shape index (κ3) is 4.95. The van der Waals surface area contributed by atoms with Crippen molar-refractivity contribution in [3.63, 3.8) is 0 Å². The Kier molecular flexibility index (Phi) is 5.51. The molecule has 0 saturated heterocycles. The van der Waals surface area contributed by atoms with Crippen LogP contribution in [-0.4, -0.2) is 29.0 Å². The summed E-state index contributed by atoms with van der Waals surface area (Å²) in [5.41, 5.74) is 2.18. The lowest BCUT2D eigenvalue weighted by molar-refractivity contribution is 0.0938. The summed E-state index contributed by atoms with van der Waals surface area (Å²) in [6.07, 6.45) is 0. The molecule has 122 valence electrons. The lowest BCUT2D eigenvalue weighted by atomic mass is 10.2. The number of ether oxygens (including phenoxy) is 1. The Morgan fingerprint density at radius 2 is 1.91 bits per heavy atom. The van der Waals surface area contributed by atoms with E-state index in [4.69, 9.17) is 4.74 Å². The molecule has 1 aromatic carbocycles. The fourth-order valence-corrected chi connectivity index (χ4v) is 2.02. The van der Waals surface area contributed by atoms with Crippen molar-refractivity contribution >= 4 is 11.9 Å². The molecule has 1 aromatic heterocycles. The minimum Gasteiger partial charge on any atom is -0.497 e. The number of nitrogens with one attached hydrogen (secondary N) is 2. The van der Waals surface area contributed by atoms with Crippen molar-refractivity contribution in [3.05, 3.63) is 47.3 Å². The highest BCUT2D eigenvalue weighted by atomic mass is 16.5. The van der Waals surface area contributed by atoms with Crippen LogP contribution in [-0.2, 0) is 6.54 Å². The molecular weight excluding hydrogens is 292 g/mol. The first kappa shape index (κ1) is 16.7. The number of anilines is 1. The number of hydrogen-bond acceptors (Lipinski definition) is 5. The molecular formula is C17H22N4O2. The molecule has 0 aliphatic carbocycles. The molecule has 0 radical (unpaired) electrons. The maximum atomic E-state index is 12.1. The van der Waals surface area contributed by atoms with E-state index in [2.05, 4.69) is 20.6 Å². The standard InChI is InChI=1S/C17H22N4O2/c1-11(2)19-16(22)15-9-12(3)20-17(21-15)18-10-13-5-7-14(23-4)8-6-13/h5-9,11H,10H2,1-4H3,(H,19,22)(H,18,20,21). The first-order chi connectivity index (χ1) is 11.0. The molecule has 0 atom stereocenters. The van der Waals surface area contributed by atoms with Gasteiger partial charge in [-0.05, 0) is 44.5 Å². The molecule has 2 N–H and O–H groups in total. The Morgan fingerprint density at radius 1 is 1.22 bits per heavy atom. The molecule has 0 unspecified atom stereocenters. The second-order valence-electron chi connectivity index (χ2n) is 5.55. The van der Waals surface area contributed by atoms with Crippen LogP contribution in [0.3, 0.4) is 0 Å². The number of hydrogen-bond donors (Lipinski definition) is 2. The van der Waals surface area contributed by atoms with Gasteiger partial charge in [-0.25, -0.2) is 9.97 Å². The summed E-state index contributed by atoms with van der Waals surface area (Å²) in [5.74, 6) is 1.06. The number of nitrogens with zero attached hydrogens (tertiary/aromatic N) is 2. The Labute approximate surface area is 136 Å². The van der Waals surface area contributed by atoms with Gasteiger partial charge < -0.3 is 15.4 Å². The molecule has 0 fully saturated rings. The van der Waals surface area contributed by atoms with Crippen LogP contribution in [0, 0.1) is 6.92 Å². The summed E-state index contributed by atoms with van der Waals surface area (Å²) in [7, 11) is 1.64. The van der Waals surface area contributed by atoms with E-state index in [-0.39, 0.29) is 11.9 Å². The Hall–Kier alpha value is -2.63. The summed E-state index contributed by atoms with van der Waals surface area (Å²) in [6.45, 7) is 6.23. The van der Waals surface area contributed by atoms with E-state index in [0.717, 1.165) is 17.0 Å². The number of benzene rings is 1. The smallest absolute Gasteiger partial charge is 0.270 e. The third-order valence-corrected chi connectivity index (χ3v) is 3.12. The number of amides is 1. The van der Waals surface area contributed by atoms with E-state index in [1.807, 2.05) is 45.0 Å². The van der Waals surface area contributed by atoms with Gasteiger partial charge in [0, 0.05) is 18.3 Å². The van der Waals surface area contributed by atoms with Crippen LogP contribution < -0.4 is 15.4 Å². The van der Waals surface area contributed by atoms with Crippen LogP contribution in [0.5, 0.6) is 5.75 Å². The van der Waals surface area contributed by atoms with Crippen LogP contribution in [0.2, 0.25) is 0 Å². The first-order valence-electron chi connectivity index (χ1n) is 7.51. The van der Waals surface area contributed by atoms with Crippen molar-refractivity contribution in [3.8, 4) is 5.75 Å². The lowest BCUT2D eigenvalue weighted by Gasteiger charge is -2.10. The van der Waals surface area contributed by atoms with Crippen molar-refractivity contribution in [2.45, 2.75) is 33.4 Å². The minimum atomic E-state index is -0.196. The third-order valence-electron chi connectivity index (χ3n) is 3.12. The van der Waals surface area contributed by atoms with E-state index < -0.39 is 0 Å². The number of carbonyl (C=O) groups excluding carboxylic acids is 1. The monoisotopic (exact) mass is 314 g/mol. The van der Waals surface area contributed by atoms with Gasteiger partial charge in [0.25, 0.3) is 5.91 Å². The van der Waals surface area contributed by atoms with Gasteiger partial charge in [-0.1, -0.05) is 12.1 Å². The molecule has 2 rings (SSSR count). The van der Waals surface area contributed by atoms with Crippen molar-refractivity contribution in [2.75, 3.05) is 12.4 Å². The molecule has 0 saturated carbocycles. The van der Waals surface area contributed by atoms with E-state index in [1.54, 1.807) is 13.2 Å². The molecule has 2 aromatic rings. The predicted molar refractivity (Wildman–Crippen MR) is 89.7 cm³/mol. The fourth-order valence-electron chi connectivity index (χ4n) is 2.02. The highest BCUT2D eigenvalue weighted by Gasteiger charge is 2.11. The van der Waals surface area contributed by atoms with Crippen LogP contribution in [0.15, 0.2) is 30.3 Å². The topological polar surface area (TPSA) is 76.1 Å². The molecule has 23 heavy (non-hydrogen) atoms. The van der Waals surface area contributed by atoms with Gasteiger partial charge in [-0.15, -0.1) is 0 Å². The van der Waals surface area contributed by atoms with Crippen LogP contribution in [0.25, 0.3) is 0 Å². The van der Waals surface area contributed by atoms with E-state index in [9.17, 15) is 4.79 Å². The number of carbonyl (C=O) groups is 1. The maximum Gasteiger partial charge on any atom is 0.270 e. The van der Waals surface area contributed by atoms with Gasteiger partial charge in [0.05, 0.1) is 7.11 Å². The van der Waals surface area contributed by atoms with Crippen LogP contribution in [0.4, 0.5) is 5.95 Å². The molecule has 0 bridgehead atoms. The fraction of sp³-hybridized carbons (Fsp3) is 0.353. The van der Waals surface area contributed by atoms with E-state index in [0.29, 0.717) is 18.2 Å². The van der Waals surface area contributed by atoms with Crippen molar-refractivity contribution in [1.82, 2.24) is 15.3 Å². The maximum absolute atomic E-state index is 12.1. The average molecular weight is 314 g/mol. The van der Waals surface area contributed by atoms with Gasteiger partial charge in [0.1, 0.15) is 11.4 Å². The van der Waals surface area contributed by atoms with Gasteiger partial charge >= 0.3 is 0 Å².